The van der Waals surface area contributed by atoms with Gasteiger partial charge in [-0.3, -0.25) is 0 Å². The van der Waals surface area contributed by atoms with Crippen molar-refractivity contribution in [2.45, 2.75) is 20.8 Å². The predicted molar refractivity (Wildman–Crippen MR) is 38.6 cm³/mol. The molecule has 63 valence electrons. The molecule has 10 heavy (non-hydrogen) atoms. The third-order valence-corrected chi connectivity index (χ3v) is 1.14. The maximum absolute atomic E-state index is 11.0. The summed E-state index contributed by atoms with van der Waals surface area (Å²) in [5.41, 5.74) is -0.223. The average Bonchev–Trinajstić information content (AvgIpc) is 1.64. The van der Waals surface area contributed by atoms with E-state index >= 15 is 0 Å². The molecule has 0 bridgehead atoms. The number of likely N-dealkylation sites (N-methyl/N-ethyl adjacent to an activating group) is 1. The molecule has 0 saturated carbocycles. The first-order valence-electron chi connectivity index (χ1n) is 3.07. The van der Waals surface area contributed by atoms with E-state index in [1.165, 1.54) is 0 Å². The Hall–Kier alpha value is 0.253. The molecule has 0 heterocycles. The second kappa shape index (κ2) is 4.98. The summed E-state index contributed by atoms with van der Waals surface area (Å²) >= 11 is 0. The van der Waals surface area contributed by atoms with E-state index in [2.05, 4.69) is 5.32 Å². The van der Waals surface area contributed by atoms with Crippen LogP contribution >= 0.6 is 0 Å². The van der Waals surface area contributed by atoms with Crippen LogP contribution in [0.4, 0.5) is 0 Å². The molecular weight excluding hydrogens is 217 g/mol. The number of Topliss-reactive ketones (excluding diaryl/α,β-unsaturated/α-hetero) is 1. The first kappa shape index (κ1) is 12.9. The van der Waals surface area contributed by atoms with Crippen LogP contribution < -0.4 is 0 Å². The molecule has 0 fully saturated rings. The van der Waals surface area contributed by atoms with Crippen LogP contribution in [0.15, 0.2) is 0 Å². The van der Waals surface area contributed by atoms with Crippen LogP contribution in [0.25, 0.3) is 5.32 Å². The molecule has 2 nitrogen and oxygen atoms in total. The fourth-order valence-electron chi connectivity index (χ4n) is 0.381. The Morgan fingerprint density at radius 2 is 1.80 bits per heavy atom. The first-order chi connectivity index (χ1) is 3.98. The third kappa shape index (κ3) is 5.07. The molecule has 3 heteroatoms. The summed E-state index contributed by atoms with van der Waals surface area (Å²) in [4.78, 5) is 11.0. The second-order valence-corrected chi connectivity index (χ2v) is 3.15. The molecule has 0 spiro atoms. The fraction of sp³-hybridized carbons (Fsp3) is 0.857. The van der Waals surface area contributed by atoms with Gasteiger partial charge in [-0.25, -0.2) is 0 Å². The van der Waals surface area contributed by atoms with Gasteiger partial charge in [-0.1, -0.05) is 27.3 Å². The molecule has 0 aliphatic heterocycles. The number of hydrogen-bond acceptors (Lipinski definition) is 1. The fourth-order valence-corrected chi connectivity index (χ4v) is 0.381. The minimum atomic E-state index is -0.223. The zero-order valence-corrected chi connectivity index (χ0v) is 8.53. The van der Waals surface area contributed by atoms with Crippen molar-refractivity contribution in [2.75, 3.05) is 13.6 Å². The van der Waals surface area contributed by atoms with E-state index in [4.69, 9.17) is 0 Å². The number of carbonyl (C=O) groups excluding carboxylic acids is 1. The molecule has 0 unspecified atom stereocenters. The van der Waals surface area contributed by atoms with Crippen molar-refractivity contribution in [2.24, 2.45) is 5.41 Å². The summed E-state index contributed by atoms with van der Waals surface area (Å²) in [6.07, 6.45) is 0. The predicted octanol–water partition coefficient (Wildman–Crippen LogP) is 1.60. The third-order valence-electron chi connectivity index (χ3n) is 1.14. The van der Waals surface area contributed by atoms with Gasteiger partial charge in [0.15, 0.2) is 0 Å². The number of nitrogens with zero attached hydrogens (tertiary/aromatic N) is 1. The van der Waals surface area contributed by atoms with E-state index in [1.807, 2.05) is 20.8 Å². The molecule has 0 saturated heterocycles. The van der Waals surface area contributed by atoms with Crippen LogP contribution in [0.1, 0.15) is 20.8 Å². The maximum atomic E-state index is 11.0. The average molecular weight is 231 g/mol. The largest absolute Gasteiger partial charge is 0.659 e. The molecule has 0 N–H and O–H groups in total. The molecule has 0 aliphatic carbocycles. The quantitative estimate of drug-likeness (QED) is 0.664. The van der Waals surface area contributed by atoms with Crippen LogP contribution in [0.2, 0.25) is 0 Å². The van der Waals surface area contributed by atoms with Crippen molar-refractivity contribution in [3.8, 4) is 0 Å². The van der Waals surface area contributed by atoms with E-state index in [9.17, 15) is 4.79 Å². The van der Waals surface area contributed by atoms with Crippen molar-refractivity contribution in [1.82, 2.24) is 0 Å². The van der Waals surface area contributed by atoms with Gasteiger partial charge in [0.05, 0.1) is 0 Å². The smallest absolute Gasteiger partial charge is 0.117 e. The first-order valence-corrected chi connectivity index (χ1v) is 3.07. The summed E-state index contributed by atoms with van der Waals surface area (Å²) in [5, 5.41) is 3.75. The van der Waals surface area contributed by atoms with Crippen molar-refractivity contribution in [1.29, 1.82) is 0 Å². The van der Waals surface area contributed by atoms with E-state index < -0.39 is 0 Å². The van der Waals surface area contributed by atoms with Gasteiger partial charge in [-0.15, -0.1) is 0 Å². The van der Waals surface area contributed by atoms with Gasteiger partial charge < -0.3 is 10.1 Å². The summed E-state index contributed by atoms with van der Waals surface area (Å²) < 4.78 is 0. The zero-order valence-electron chi connectivity index (χ0n) is 6.90. The molecule has 1 radical (unpaired) electrons. The van der Waals surface area contributed by atoms with Gasteiger partial charge in [-0.2, -0.15) is 7.05 Å². The van der Waals surface area contributed by atoms with Crippen LogP contribution in [0, 0.1) is 5.41 Å². The van der Waals surface area contributed by atoms with E-state index in [0.29, 0.717) is 6.54 Å². The molecule has 0 amide bonds. The molecule has 0 aromatic carbocycles. The molecular formula is C7H14NORh-. The van der Waals surface area contributed by atoms with E-state index in [1.54, 1.807) is 7.05 Å². The van der Waals surface area contributed by atoms with Gasteiger partial charge in [0.1, 0.15) is 5.78 Å². The summed E-state index contributed by atoms with van der Waals surface area (Å²) in [5.74, 6) is 0.199. The number of ketones is 1. The number of carbonyl (C=O) groups is 1. The monoisotopic (exact) mass is 231 g/mol. The van der Waals surface area contributed by atoms with Gasteiger partial charge >= 0.3 is 0 Å². The number of rotatable bonds is 2. The van der Waals surface area contributed by atoms with Gasteiger partial charge in [-0.05, 0) is 0 Å². The van der Waals surface area contributed by atoms with Gasteiger partial charge in [0.25, 0.3) is 0 Å². The Balaban J connectivity index is 0. The zero-order chi connectivity index (χ0) is 7.49. The topological polar surface area (TPSA) is 31.2 Å². The van der Waals surface area contributed by atoms with Crippen molar-refractivity contribution in [3.63, 3.8) is 0 Å². The molecule has 0 aliphatic rings. The van der Waals surface area contributed by atoms with Crippen LogP contribution in [-0.2, 0) is 24.3 Å². The standard InChI is InChI=1S/C7H14NO.Rh/c1-7(2,3)6(9)5-8-4;/h5H2,1-4H3;/q-1;. The minimum Gasteiger partial charge on any atom is -0.659 e. The van der Waals surface area contributed by atoms with Gasteiger partial charge in [0.2, 0.25) is 0 Å². The molecule has 0 atom stereocenters. The summed E-state index contributed by atoms with van der Waals surface area (Å²) in [6.45, 7) is 6.06. The van der Waals surface area contributed by atoms with Crippen LogP contribution in [-0.4, -0.2) is 19.4 Å². The van der Waals surface area contributed by atoms with Crippen molar-refractivity contribution in [3.05, 3.63) is 5.32 Å². The van der Waals surface area contributed by atoms with E-state index in [-0.39, 0.29) is 30.7 Å². The Kier molecular flexibility index (Phi) is 6.42. The molecule has 0 aromatic rings. The van der Waals surface area contributed by atoms with Gasteiger partial charge in [0, 0.05) is 24.9 Å². The number of hydrogen-bond donors (Lipinski definition) is 0. The molecule has 0 rings (SSSR count). The second-order valence-electron chi connectivity index (χ2n) is 3.15. The Bertz CT molecular complexity index is 107. The Morgan fingerprint density at radius 1 is 1.40 bits per heavy atom. The van der Waals surface area contributed by atoms with Crippen LogP contribution in [0.5, 0.6) is 0 Å². The minimum absolute atomic E-state index is 0. The maximum Gasteiger partial charge on any atom is 0.117 e. The SMILES string of the molecule is C[N-]CC(=O)C(C)(C)C.[Rh]. The Labute approximate surface area is 75.5 Å². The van der Waals surface area contributed by atoms with Crippen molar-refractivity contribution < 1.29 is 24.3 Å². The van der Waals surface area contributed by atoms with E-state index in [0.717, 1.165) is 0 Å². The summed E-state index contributed by atoms with van der Waals surface area (Å²) in [7, 11) is 1.66. The van der Waals surface area contributed by atoms with Crippen LogP contribution in [0.3, 0.4) is 0 Å². The Morgan fingerprint density at radius 3 is 1.90 bits per heavy atom. The summed E-state index contributed by atoms with van der Waals surface area (Å²) in [6, 6.07) is 0. The molecule has 0 aromatic heterocycles. The normalized spacial score (nSPS) is 10.4. The van der Waals surface area contributed by atoms with Crippen molar-refractivity contribution >= 4 is 5.78 Å².